The quantitative estimate of drug-likeness (QED) is 0.815. The first-order valence-electron chi connectivity index (χ1n) is 9.46. The van der Waals surface area contributed by atoms with Gasteiger partial charge in [-0.3, -0.25) is 4.79 Å². The van der Waals surface area contributed by atoms with Gasteiger partial charge >= 0.3 is 6.09 Å². The van der Waals surface area contributed by atoms with Gasteiger partial charge in [0.15, 0.2) is 0 Å². The van der Waals surface area contributed by atoms with Crippen molar-refractivity contribution in [2.45, 2.75) is 70.4 Å². The highest BCUT2D eigenvalue weighted by Crippen LogP contribution is 2.19. The normalized spacial score (nSPS) is 17.0. The second kappa shape index (κ2) is 10.7. The number of ether oxygens (including phenoxy) is 1. The van der Waals surface area contributed by atoms with E-state index >= 15 is 0 Å². The van der Waals surface area contributed by atoms with Crippen LogP contribution in [0.1, 0.15) is 69.9 Å². The monoisotopic (exact) mass is 346 g/mol. The minimum atomic E-state index is -0.491. The Morgan fingerprint density at radius 1 is 1.08 bits per heavy atom. The Kier molecular flexibility index (Phi) is 8.29. The first-order chi connectivity index (χ1) is 12.2. The van der Waals surface area contributed by atoms with E-state index in [0.717, 1.165) is 18.4 Å². The van der Waals surface area contributed by atoms with E-state index in [9.17, 15) is 9.59 Å². The molecule has 25 heavy (non-hydrogen) atoms. The van der Waals surface area contributed by atoms with E-state index in [2.05, 4.69) is 10.6 Å². The van der Waals surface area contributed by atoms with Crippen LogP contribution in [0.5, 0.6) is 0 Å². The van der Waals surface area contributed by atoms with Gasteiger partial charge in [-0.15, -0.1) is 0 Å². The van der Waals surface area contributed by atoms with Crippen LogP contribution >= 0.6 is 0 Å². The first-order valence-corrected chi connectivity index (χ1v) is 9.46. The number of hydrogen-bond acceptors (Lipinski definition) is 3. The molecule has 1 aliphatic rings. The number of nitrogens with one attached hydrogen (secondary N) is 2. The summed E-state index contributed by atoms with van der Waals surface area (Å²) >= 11 is 0. The molecule has 2 N–H and O–H groups in total. The summed E-state index contributed by atoms with van der Waals surface area (Å²) in [5, 5.41) is 5.96. The van der Waals surface area contributed by atoms with Gasteiger partial charge in [-0.1, -0.05) is 62.4 Å². The summed E-state index contributed by atoms with van der Waals surface area (Å²) in [5.74, 6) is -0.0174. The van der Waals surface area contributed by atoms with Gasteiger partial charge in [-0.25, -0.2) is 4.79 Å². The van der Waals surface area contributed by atoms with Crippen LogP contribution in [-0.4, -0.2) is 24.6 Å². The summed E-state index contributed by atoms with van der Waals surface area (Å²) in [5.41, 5.74) is 0.906. The number of hydrogen-bond donors (Lipinski definition) is 2. The lowest BCUT2D eigenvalue weighted by Crippen LogP contribution is -2.39. The SMILES string of the molecule is CCOC(=O)N[C@H](CC(=O)NC1CCCCCCC1)c1ccccc1. The van der Waals surface area contributed by atoms with E-state index in [1.165, 1.54) is 32.1 Å². The van der Waals surface area contributed by atoms with Crippen molar-refractivity contribution in [3.05, 3.63) is 35.9 Å². The fraction of sp³-hybridized carbons (Fsp3) is 0.600. The standard InChI is InChI=1S/C20H30N2O3/c1-2-25-20(24)22-18(16-11-7-6-8-12-16)15-19(23)21-17-13-9-4-3-5-10-14-17/h6-8,11-12,17-18H,2-5,9-10,13-15H2,1H3,(H,21,23)(H,22,24)/t18-/m1/s1. The maximum Gasteiger partial charge on any atom is 0.407 e. The van der Waals surface area contributed by atoms with Crippen molar-refractivity contribution < 1.29 is 14.3 Å². The number of amides is 2. The van der Waals surface area contributed by atoms with Crippen molar-refractivity contribution in [3.63, 3.8) is 0 Å². The van der Waals surface area contributed by atoms with Crippen molar-refractivity contribution in [3.8, 4) is 0 Å². The van der Waals surface area contributed by atoms with Crippen LogP contribution in [0.3, 0.4) is 0 Å². The molecule has 0 heterocycles. The average molecular weight is 346 g/mol. The molecule has 1 fully saturated rings. The minimum Gasteiger partial charge on any atom is -0.450 e. The van der Waals surface area contributed by atoms with Crippen molar-refractivity contribution in [2.75, 3.05) is 6.61 Å². The molecule has 0 unspecified atom stereocenters. The van der Waals surface area contributed by atoms with Crippen LogP contribution in [0.2, 0.25) is 0 Å². The van der Waals surface area contributed by atoms with Gasteiger partial charge < -0.3 is 15.4 Å². The third kappa shape index (κ3) is 7.16. The van der Waals surface area contributed by atoms with Crippen molar-refractivity contribution >= 4 is 12.0 Å². The molecule has 1 aromatic rings. The van der Waals surface area contributed by atoms with E-state index in [1.54, 1.807) is 6.92 Å². The molecule has 0 bridgehead atoms. The average Bonchev–Trinajstić information content (AvgIpc) is 2.57. The zero-order valence-corrected chi connectivity index (χ0v) is 15.1. The molecular formula is C20H30N2O3. The third-order valence-electron chi connectivity index (χ3n) is 4.63. The highest BCUT2D eigenvalue weighted by Gasteiger charge is 2.21. The summed E-state index contributed by atoms with van der Waals surface area (Å²) in [4.78, 5) is 24.3. The van der Waals surface area contributed by atoms with Gasteiger partial charge in [0.05, 0.1) is 19.1 Å². The van der Waals surface area contributed by atoms with Crippen molar-refractivity contribution in [1.29, 1.82) is 0 Å². The molecular weight excluding hydrogens is 316 g/mol. The molecule has 5 nitrogen and oxygen atoms in total. The molecule has 0 aliphatic heterocycles. The lowest BCUT2D eigenvalue weighted by molar-refractivity contribution is -0.122. The highest BCUT2D eigenvalue weighted by atomic mass is 16.5. The molecule has 138 valence electrons. The fourth-order valence-electron chi connectivity index (χ4n) is 3.33. The number of rotatable bonds is 6. The Labute approximate surface area is 150 Å². The zero-order chi connectivity index (χ0) is 17.9. The van der Waals surface area contributed by atoms with Crippen LogP contribution in [0.15, 0.2) is 30.3 Å². The second-order valence-corrected chi connectivity index (χ2v) is 6.64. The molecule has 1 aromatic carbocycles. The Balaban J connectivity index is 1.94. The molecule has 0 radical (unpaired) electrons. The van der Waals surface area contributed by atoms with E-state index < -0.39 is 6.09 Å². The van der Waals surface area contributed by atoms with Crippen molar-refractivity contribution in [1.82, 2.24) is 10.6 Å². The third-order valence-corrected chi connectivity index (χ3v) is 4.63. The maximum absolute atomic E-state index is 12.5. The van der Waals surface area contributed by atoms with Gasteiger partial charge in [0.2, 0.25) is 5.91 Å². The van der Waals surface area contributed by atoms with Crippen LogP contribution < -0.4 is 10.6 Å². The predicted octanol–water partition coefficient (Wildman–Crippen LogP) is 4.09. The Morgan fingerprint density at radius 2 is 1.72 bits per heavy atom. The molecule has 0 aromatic heterocycles. The topological polar surface area (TPSA) is 67.4 Å². The molecule has 2 rings (SSSR count). The highest BCUT2D eigenvalue weighted by molar-refractivity contribution is 5.78. The number of benzene rings is 1. The van der Waals surface area contributed by atoms with E-state index in [1.807, 2.05) is 30.3 Å². The Bertz CT molecular complexity index is 525. The Morgan fingerprint density at radius 3 is 2.36 bits per heavy atom. The second-order valence-electron chi connectivity index (χ2n) is 6.64. The molecule has 1 aliphatic carbocycles. The first kappa shape index (κ1) is 19.3. The molecule has 0 saturated heterocycles. The lowest BCUT2D eigenvalue weighted by atomic mass is 9.96. The predicted molar refractivity (Wildman–Crippen MR) is 98.2 cm³/mol. The van der Waals surface area contributed by atoms with Gasteiger partial charge in [0, 0.05) is 6.04 Å². The molecule has 2 amide bonds. The molecule has 1 saturated carbocycles. The minimum absolute atomic E-state index is 0.0174. The zero-order valence-electron chi connectivity index (χ0n) is 15.1. The van der Waals surface area contributed by atoms with Crippen LogP contribution in [0.4, 0.5) is 4.79 Å². The number of alkyl carbamates (subject to hydrolysis) is 1. The van der Waals surface area contributed by atoms with Gasteiger partial charge in [-0.05, 0) is 25.3 Å². The van der Waals surface area contributed by atoms with E-state index in [0.29, 0.717) is 6.61 Å². The lowest BCUT2D eigenvalue weighted by Gasteiger charge is -2.23. The van der Waals surface area contributed by atoms with E-state index in [-0.39, 0.29) is 24.4 Å². The fourth-order valence-corrected chi connectivity index (χ4v) is 3.33. The van der Waals surface area contributed by atoms with Crippen LogP contribution in [-0.2, 0) is 9.53 Å². The van der Waals surface area contributed by atoms with Crippen LogP contribution in [0.25, 0.3) is 0 Å². The maximum atomic E-state index is 12.5. The van der Waals surface area contributed by atoms with Gasteiger partial charge in [0.1, 0.15) is 0 Å². The van der Waals surface area contributed by atoms with Crippen molar-refractivity contribution in [2.24, 2.45) is 0 Å². The summed E-state index contributed by atoms with van der Waals surface area (Å²) in [6.45, 7) is 2.07. The smallest absolute Gasteiger partial charge is 0.407 e. The number of carbonyl (C=O) groups is 2. The van der Waals surface area contributed by atoms with Crippen LogP contribution in [0, 0.1) is 0 Å². The molecule has 0 spiro atoms. The van der Waals surface area contributed by atoms with Gasteiger partial charge in [0.25, 0.3) is 0 Å². The largest absolute Gasteiger partial charge is 0.450 e. The summed E-state index contributed by atoms with van der Waals surface area (Å²) in [6.07, 6.45) is 7.99. The molecule has 5 heteroatoms. The van der Waals surface area contributed by atoms with Gasteiger partial charge in [-0.2, -0.15) is 0 Å². The summed E-state index contributed by atoms with van der Waals surface area (Å²) in [7, 11) is 0. The molecule has 1 atom stereocenters. The summed E-state index contributed by atoms with van der Waals surface area (Å²) < 4.78 is 4.97. The number of carbonyl (C=O) groups excluding carboxylic acids is 2. The summed E-state index contributed by atoms with van der Waals surface area (Å²) in [6, 6.07) is 9.43. The Hall–Kier alpha value is -2.04. The van der Waals surface area contributed by atoms with E-state index in [4.69, 9.17) is 4.74 Å².